The van der Waals surface area contributed by atoms with Crippen molar-refractivity contribution < 1.29 is 9.90 Å². The van der Waals surface area contributed by atoms with Crippen LogP contribution in [0.15, 0.2) is 35.6 Å². The number of aromatic amines is 1. The van der Waals surface area contributed by atoms with E-state index < -0.39 is 5.91 Å². The zero-order chi connectivity index (χ0) is 13.1. The lowest BCUT2D eigenvalue weighted by atomic mass is 10.2. The molecule has 90 valence electrons. The minimum atomic E-state index is -0.698. The molecule has 18 heavy (non-hydrogen) atoms. The number of benzene rings is 1. The summed E-state index contributed by atoms with van der Waals surface area (Å²) in [7, 11) is 0. The van der Waals surface area contributed by atoms with E-state index >= 15 is 0 Å². The second-order valence-corrected chi connectivity index (χ2v) is 3.63. The largest absolute Gasteiger partial charge is 0.511 e. The van der Waals surface area contributed by atoms with E-state index in [4.69, 9.17) is 10.4 Å². The van der Waals surface area contributed by atoms with Crippen LogP contribution in [0.2, 0.25) is 0 Å². The number of para-hydroxylation sites is 2. The first-order valence-electron chi connectivity index (χ1n) is 5.18. The number of nitrogens with one attached hydrogen (secondary N) is 2. The van der Waals surface area contributed by atoms with Crippen molar-refractivity contribution in [2.24, 2.45) is 0 Å². The molecule has 2 aromatic rings. The number of H-pyrrole nitrogens is 1. The van der Waals surface area contributed by atoms with Crippen LogP contribution < -0.4 is 5.32 Å². The molecule has 0 unspecified atom stereocenters. The summed E-state index contributed by atoms with van der Waals surface area (Å²) in [6.45, 7) is 1.27. The molecule has 1 aromatic carbocycles. The Morgan fingerprint density at radius 1 is 1.50 bits per heavy atom. The lowest BCUT2D eigenvalue weighted by molar-refractivity contribution is -0.112. The number of hydrogen-bond donors (Lipinski definition) is 3. The van der Waals surface area contributed by atoms with Gasteiger partial charge >= 0.3 is 0 Å². The van der Waals surface area contributed by atoms with Gasteiger partial charge in [-0.05, 0) is 19.1 Å². The number of carbonyl (C=O) groups is 1. The van der Waals surface area contributed by atoms with E-state index in [0.717, 1.165) is 5.52 Å². The van der Waals surface area contributed by atoms with Crippen molar-refractivity contribution in [1.82, 2.24) is 9.97 Å². The first kappa shape index (κ1) is 11.7. The van der Waals surface area contributed by atoms with Crippen molar-refractivity contribution in [2.75, 3.05) is 5.32 Å². The van der Waals surface area contributed by atoms with Gasteiger partial charge in [-0.15, -0.1) is 0 Å². The highest BCUT2D eigenvalue weighted by Crippen LogP contribution is 2.14. The second-order valence-electron chi connectivity index (χ2n) is 3.63. The van der Waals surface area contributed by atoms with E-state index in [1.165, 1.54) is 6.92 Å². The van der Waals surface area contributed by atoms with Crippen LogP contribution >= 0.6 is 0 Å². The average molecular weight is 242 g/mol. The van der Waals surface area contributed by atoms with Gasteiger partial charge in [-0.25, -0.2) is 4.98 Å². The number of aromatic nitrogens is 2. The topological polar surface area (TPSA) is 102 Å². The number of rotatable bonds is 2. The molecule has 0 fully saturated rings. The third-order valence-electron chi connectivity index (χ3n) is 2.32. The number of carbonyl (C=O) groups excluding carboxylic acids is 1. The van der Waals surface area contributed by atoms with Gasteiger partial charge in [0.1, 0.15) is 11.8 Å². The summed E-state index contributed by atoms with van der Waals surface area (Å²) < 4.78 is 0. The lowest BCUT2D eigenvalue weighted by Gasteiger charge is -2.00. The van der Waals surface area contributed by atoms with Crippen molar-refractivity contribution in [1.29, 1.82) is 5.26 Å². The Balaban J connectivity index is 2.27. The Labute approximate surface area is 103 Å². The summed E-state index contributed by atoms with van der Waals surface area (Å²) >= 11 is 0. The summed E-state index contributed by atoms with van der Waals surface area (Å²) in [5.41, 5.74) is 1.14. The van der Waals surface area contributed by atoms with Crippen LogP contribution in [0.5, 0.6) is 0 Å². The number of fused-ring (bicyclic) bond motifs is 1. The first-order valence-corrected chi connectivity index (χ1v) is 5.18. The number of anilines is 1. The predicted octanol–water partition coefficient (Wildman–Crippen LogP) is 1.86. The number of nitrogens with zero attached hydrogens (tertiary/aromatic N) is 2. The Morgan fingerprint density at radius 2 is 2.22 bits per heavy atom. The molecule has 0 aliphatic carbocycles. The normalized spacial score (nSPS) is 11.8. The fourth-order valence-electron chi connectivity index (χ4n) is 1.48. The van der Waals surface area contributed by atoms with Gasteiger partial charge in [0, 0.05) is 0 Å². The van der Waals surface area contributed by atoms with E-state index in [1.807, 2.05) is 18.2 Å². The van der Waals surface area contributed by atoms with E-state index in [1.54, 1.807) is 12.1 Å². The number of nitriles is 1. The molecule has 1 heterocycles. The number of hydrogen-bond acceptors (Lipinski definition) is 4. The maximum Gasteiger partial charge on any atom is 0.272 e. The monoisotopic (exact) mass is 242 g/mol. The molecule has 0 saturated carbocycles. The molecule has 0 radical (unpaired) electrons. The third-order valence-corrected chi connectivity index (χ3v) is 2.32. The smallest absolute Gasteiger partial charge is 0.272 e. The number of aliphatic hydroxyl groups excluding tert-OH is 1. The van der Waals surface area contributed by atoms with E-state index in [0.29, 0.717) is 5.52 Å². The molecule has 0 aliphatic heterocycles. The molecule has 1 aromatic heterocycles. The molecule has 3 N–H and O–H groups in total. The molecular formula is C12H10N4O2. The molecule has 0 saturated heterocycles. The highest BCUT2D eigenvalue weighted by atomic mass is 16.3. The maximum atomic E-state index is 11.7. The molecule has 2 rings (SSSR count). The van der Waals surface area contributed by atoms with Gasteiger partial charge in [0.2, 0.25) is 5.95 Å². The first-order chi connectivity index (χ1) is 8.61. The van der Waals surface area contributed by atoms with Crippen LogP contribution in [0, 0.1) is 11.3 Å². The molecular weight excluding hydrogens is 232 g/mol. The predicted molar refractivity (Wildman–Crippen MR) is 65.7 cm³/mol. The maximum absolute atomic E-state index is 11.7. The van der Waals surface area contributed by atoms with Gasteiger partial charge in [-0.1, -0.05) is 12.1 Å². The van der Waals surface area contributed by atoms with E-state index in [2.05, 4.69) is 15.3 Å². The molecule has 6 nitrogen and oxygen atoms in total. The third kappa shape index (κ3) is 2.15. The minimum absolute atomic E-state index is 0.232. The number of imidazole rings is 1. The van der Waals surface area contributed by atoms with Crippen LogP contribution in [0.25, 0.3) is 11.0 Å². The van der Waals surface area contributed by atoms with Gasteiger partial charge in [-0.2, -0.15) is 5.26 Å². The van der Waals surface area contributed by atoms with Gasteiger partial charge in [-0.3, -0.25) is 10.1 Å². The van der Waals surface area contributed by atoms with Crippen LogP contribution in [0.3, 0.4) is 0 Å². The lowest BCUT2D eigenvalue weighted by Crippen LogP contribution is -2.15. The van der Waals surface area contributed by atoms with Crippen molar-refractivity contribution >= 4 is 22.9 Å². The Hall–Kier alpha value is -2.81. The molecule has 0 bridgehead atoms. The number of aliphatic hydroxyl groups is 1. The van der Waals surface area contributed by atoms with Gasteiger partial charge in [0.25, 0.3) is 5.91 Å². The Morgan fingerprint density at radius 3 is 2.83 bits per heavy atom. The SMILES string of the molecule is C/C(O)=C(\C#N)C(=O)Nc1nc2ccccc2[nH]1. The summed E-state index contributed by atoms with van der Waals surface area (Å²) in [5, 5.41) is 20.3. The minimum Gasteiger partial charge on any atom is -0.511 e. The van der Waals surface area contributed by atoms with E-state index in [-0.39, 0.29) is 17.3 Å². The van der Waals surface area contributed by atoms with Crippen molar-refractivity contribution in [3.05, 3.63) is 35.6 Å². The molecule has 0 atom stereocenters. The standard InChI is InChI=1S/C12H10N4O2/c1-7(17)8(6-13)11(18)16-12-14-9-4-2-3-5-10(9)15-12/h2-5,17H,1H3,(H2,14,15,16,18)/b8-7-. The summed E-state index contributed by atoms with van der Waals surface area (Å²) in [6.07, 6.45) is 0. The van der Waals surface area contributed by atoms with Crippen LogP contribution in [0.1, 0.15) is 6.92 Å². The van der Waals surface area contributed by atoms with Crippen LogP contribution in [-0.2, 0) is 4.79 Å². The van der Waals surface area contributed by atoms with Crippen molar-refractivity contribution in [3.63, 3.8) is 0 Å². The number of amides is 1. The fraction of sp³-hybridized carbons (Fsp3) is 0.0833. The molecule has 0 aliphatic rings. The fourth-order valence-corrected chi connectivity index (χ4v) is 1.48. The van der Waals surface area contributed by atoms with Gasteiger partial charge in [0.05, 0.1) is 11.0 Å². The number of allylic oxidation sites excluding steroid dienone is 1. The van der Waals surface area contributed by atoms with E-state index in [9.17, 15) is 4.79 Å². The van der Waals surface area contributed by atoms with Crippen LogP contribution in [-0.4, -0.2) is 21.0 Å². The quantitative estimate of drug-likeness (QED) is 0.425. The molecule has 6 heteroatoms. The van der Waals surface area contributed by atoms with Crippen LogP contribution in [0.4, 0.5) is 5.95 Å². The van der Waals surface area contributed by atoms with Gasteiger partial charge in [0.15, 0.2) is 5.57 Å². The highest BCUT2D eigenvalue weighted by molar-refractivity contribution is 6.06. The summed E-state index contributed by atoms with van der Waals surface area (Å²) in [4.78, 5) is 18.7. The average Bonchev–Trinajstić information content (AvgIpc) is 2.71. The summed E-state index contributed by atoms with van der Waals surface area (Å²) in [5.74, 6) is -0.794. The molecule has 0 spiro atoms. The highest BCUT2D eigenvalue weighted by Gasteiger charge is 2.14. The van der Waals surface area contributed by atoms with Crippen molar-refractivity contribution in [3.8, 4) is 6.07 Å². The Kier molecular flexibility index (Phi) is 2.98. The summed E-state index contributed by atoms with van der Waals surface area (Å²) in [6, 6.07) is 8.90. The second kappa shape index (κ2) is 4.59. The zero-order valence-corrected chi connectivity index (χ0v) is 9.56. The zero-order valence-electron chi connectivity index (χ0n) is 9.56. The van der Waals surface area contributed by atoms with Gasteiger partial charge < -0.3 is 10.1 Å². The van der Waals surface area contributed by atoms with Crippen molar-refractivity contribution in [2.45, 2.75) is 6.92 Å². The Bertz CT molecular complexity index is 642. The molecule has 1 amide bonds.